The van der Waals surface area contributed by atoms with Crippen LogP contribution in [0.5, 0.6) is 5.75 Å². The summed E-state index contributed by atoms with van der Waals surface area (Å²) in [7, 11) is 0. The Morgan fingerprint density at radius 2 is 1.75 bits per heavy atom. The predicted octanol–water partition coefficient (Wildman–Crippen LogP) is 1.45. The number of nitrogens with one attached hydrogen (secondary N) is 2. The molecule has 48 heavy (non-hydrogen) atoms. The highest BCUT2D eigenvalue weighted by Crippen LogP contribution is 2.29. The molecule has 5 amide bonds. The molecular weight excluding hydrogens is 631 g/mol. The summed E-state index contributed by atoms with van der Waals surface area (Å²) in [5.74, 6) is -3.81. The predicted molar refractivity (Wildman–Crippen MR) is 169 cm³/mol. The van der Waals surface area contributed by atoms with Crippen LogP contribution in [0, 0.1) is 12.7 Å². The second kappa shape index (κ2) is 16.2. The number of amides is 5. The van der Waals surface area contributed by atoms with Gasteiger partial charge < -0.3 is 39.9 Å². The summed E-state index contributed by atoms with van der Waals surface area (Å²) in [5, 5.41) is 14.8. The molecule has 2 fully saturated rings. The summed E-state index contributed by atoms with van der Waals surface area (Å²) in [4.78, 5) is 84.8. The van der Waals surface area contributed by atoms with Crippen molar-refractivity contribution in [3.8, 4) is 5.75 Å². The smallest absolute Gasteiger partial charge is 0.409 e. The van der Waals surface area contributed by atoms with E-state index in [1.165, 1.54) is 39.8 Å². The van der Waals surface area contributed by atoms with E-state index in [1.54, 1.807) is 13.8 Å². The molecule has 3 N–H and O–H groups in total. The highest BCUT2D eigenvalue weighted by Gasteiger charge is 2.34. The largest absolute Gasteiger partial charge is 0.483 e. The van der Waals surface area contributed by atoms with Gasteiger partial charge in [0.2, 0.25) is 11.8 Å². The number of carboxylic acid groups (broad SMARTS) is 1. The summed E-state index contributed by atoms with van der Waals surface area (Å²) in [5.41, 5.74) is 0.222. The number of likely N-dealkylation sites (tertiary alicyclic amines) is 1. The summed E-state index contributed by atoms with van der Waals surface area (Å²) < 4.78 is 25.5. The van der Waals surface area contributed by atoms with Gasteiger partial charge in [0.1, 0.15) is 29.3 Å². The fourth-order valence-corrected chi connectivity index (χ4v) is 5.71. The minimum Gasteiger partial charge on any atom is -0.483 e. The van der Waals surface area contributed by atoms with Crippen molar-refractivity contribution in [1.29, 1.82) is 0 Å². The number of nitrogens with zero attached hydrogens (tertiary/aromatic N) is 4. The van der Waals surface area contributed by atoms with Crippen LogP contribution in [0.4, 0.5) is 9.18 Å². The van der Waals surface area contributed by atoms with E-state index < -0.39 is 60.7 Å². The van der Waals surface area contributed by atoms with Crippen molar-refractivity contribution in [1.82, 2.24) is 30.3 Å². The van der Waals surface area contributed by atoms with Gasteiger partial charge in [-0.15, -0.1) is 0 Å². The van der Waals surface area contributed by atoms with Crippen molar-refractivity contribution < 1.29 is 47.7 Å². The lowest BCUT2D eigenvalue weighted by atomic mass is 10.1. The highest BCUT2D eigenvalue weighted by atomic mass is 19.1. The molecule has 0 unspecified atom stereocenters. The normalized spacial score (nSPS) is 16.8. The Morgan fingerprint density at radius 1 is 1.04 bits per heavy atom. The van der Waals surface area contributed by atoms with Crippen LogP contribution in [0.1, 0.15) is 55.6 Å². The third kappa shape index (κ3) is 8.66. The molecule has 1 aromatic heterocycles. The number of ether oxygens (including phenoxy) is 2. The number of carbonyl (C=O) groups excluding carboxylic acids is 5. The maximum Gasteiger partial charge on any atom is 0.409 e. The number of rotatable bonds is 12. The molecule has 0 spiro atoms. The van der Waals surface area contributed by atoms with Gasteiger partial charge >= 0.3 is 12.1 Å². The quantitative estimate of drug-likeness (QED) is 0.298. The lowest BCUT2D eigenvalue weighted by Crippen LogP contribution is -2.56. The number of carboxylic acids is 1. The number of pyridine rings is 1. The van der Waals surface area contributed by atoms with Gasteiger partial charge in [0.25, 0.3) is 11.8 Å². The van der Waals surface area contributed by atoms with Gasteiger partial charge in [-0.3, -0.25) is 24.0 Å². The molecule has 1 aromatic carbocycles. The summed E-state index contributed by atoms with van der Waals surface area (Å²) >= 11 is 0. The van der Waals surface area contributed by atoms with Crippen molar-refractivity contribution in [3.05, 3.63) is 35.3 Å². The molecule has 2 aliphatic heterocycles. The van der Waals surface area contributed by atoms with Crippen LogP contribution in [0.25, 0.3) is 10.9 Å². The van der Waals surface area contributed by atoms with Gasteiger partial charge in [0.05, 0.1) is 12.1 Å². The van der Waals surface area contributed by atoms with Crippen molar-refractivity contribution in [3.63, 3.8) is 0 Å². The number of aromatic nitrogens is 1. The van der Waals surface area contributed by atoms with Crippen LogP contribution in [-0.4, -0.2) is 125 Å². The molecule has 0 aliphatic carbocycles. The molecule has 2 aliphatic rings. The van der Waals surface area contributed by atoms with Crippen molar-refractivity contribution in [2.75, 3.05) is 52.5 Å². The van der Waals surface area contributed by atoms with Gasteiger partial charge in [-0.2, -0.15) is 0 Å². The summed E-state index contributed by atoms with van der Waals surface area (Å²) in [6, 6.07) is 1.95. The van der Waals surface area contributed by atoms with E-state index in [4.69, 9.17) is 9.47 Å². The molecule has 260 valence electrons. The highest BCUT2D eigenvalue weighted by molar-refractivity contribution is 5.99. The summed E-state index contributed by atoms with van der Waals surface area (Å²) in [6.45, 7) is 6.19. The molecule has 3 heterocycles. The molecule has 4 rings (SSSR count). The zero-order valence-electron chi connectivity index (χ0n) is 27.3. The topological polar surface area (TPSA) is 188 Å². The minimum absolute atomic E-state index is 0.0188. The van der Waals surface area contributed by atoms with Gasteiger partial charge in [0, 0.05) is 57.1 Å². The number of piperazine rings is 1. The van der Waals surface area contributed by atoms with Crippen molar-refractivity contribution in [2.45, 2.75) is 58.5 Å². The van der Waals surface area contributed by atoms with Crippen LogP contribution in [0.3, 0.4) is 0 Å². The van der Waals surface area contributed by atoms with E-state index in [9.17, 15) is 38.3 Å². The van der Waals surface area contributed by atoms with E-state index in [0.29, 0.717) is 25.9 Å². The number of aryl methyl sites for hydroxylation is 1. The molecule has 2 aromatic rings. The van der Waals surface area contributed by atoms with E-state index in [2.05, 4.69) is 15.6 Å². The van der Waals surface area contributed by atoms with E-state index in [1.807, 2.05) is 0 Å². The molecule has 0 saturated carbocycles. The second-order valence-corrected chi connectivity index (χ2v) is 11.5. The number of fused-ring (bicyclic) bond motifs is 1. The van der Waals surface area contributed by atoms with E-state index in [0.717, 1.165) is 0 Å². The van der Waals surface area contributed by atoms with Crippen LogP contribution >= 0.6 is 0 Å². The number of hydrogen-bond donors (Lipinski definition) is 3. The fourth-order valence-electron chi connectivity index (χ4n) is 5.71. The number of likely N-dealkylation sites (N-methyl/N-ethyl adjacent to an activating group) is 1. The van der Waals surface area contributed by atoms with E-state index in [-0.39, 0.29) is 73.0 Å². The maximum atomic E-state index is 14.6. The first-order valence-corrected chi connectivity index (χ1v) is 16.0. The SMILES string of the molecule is CCNC(=O)[C@@H]1CCCN1C(=O)COc1cc(C(=O)N[C@@H](CCC(=O)O)C(=O)N2CCN(C(=O)OCC)CC2)nc2cc(C)c(F)cc12. The number of halogens is 1. The number of hydrogen-bond acceptors (Lipinski definition) is 9. The van der Waals surface area contributed by atoms with Crippen molar-refractivity contribution >= 4 is 46.6 Å². The Labute approximate surface area is 276 Å². The maximum absolute atomic E-state index is 14.6. The average molecular weight is 673 g/mol. The number of aliphatic carboxylic acids is 1. The molecule has 15 nitrogen and oxygen atoms in total. The van der Waals surface area contributed by atoms with Crippen LogP contribution < -0.4 is 15.4 Å². The molecule has 2 atom stereocenters. The zero-order valence-corrected chi connectivity index (χ0v) is 27.3. The lowest BCUT2D eigenvalue weighted by Gasteiger charge is -2.35. The van der Waals surface area contributed by atoms with Crippen LogP contribution in [0.2, 0.25) is 0 Å². The fraction of sp³-hybridized carbons (Fsp3) is 0.531. The standard InChI is InChI=1S/C32H41FN6O9/c1-4-34-30(44)25-7-6-10-39(25)27(40)18-48-26-17-24(35-23-15-19(3)21(33)16-20(23)26)29(43)36-22(8-9-28(41)42)31(45)37-11-13-38(14-12-37)32(46)47-5-2/h15-17,22,25H,4-14,18H2,1-3H3,(H,34,44)(H,36,43)(H,41,42)/t22-,25-/m0/s1. The molecule has 2 saturated heterocycles. The van der Waals surface area contributed by atoms with Crippen LogP contribution in [-0.2, 0) is 23.9 Å². The Kier molecular flexibility index (Phi) is 12.1. The second-order valence-electron chi connectivity index (χ2n) is 11.5. The third-order valence-electron chi connectivity index (χ3n) is 8.23. The minimum atomic E-state index is -1.23. The first-order chi connectivity index (χ1) is 22.9. The Hall–Kier alpha value is -5.02. The lowest BCUT2D eigenvalue weighted by molar-refractivity contribution is -0.139. The molecular formula is C32H41FN6O9. The monoisotopic (exact) mass is 672 g/mol. The first-order valence-electron chi connectivity index (χ1n) is 16.0. The number of benzene rings is 1. The molecule has 16 heteroatoms. The Bertz CT molecular complexity index is 1560. The average Bonchev–Trinajstić information content (AvgIpc) is 3.56. The van der Waals surface area contributed by atoms with E-state index >= 15 is 0 Å². The third-order valence-corrected chi connectivity index (χ3v) is 8.23. The summed E-state index contributed by atoms with van der Waals surface area (Å²) in [6.07, 6.45) is 0.0281. The van der Waals surface area contributed by atoms with Crippen LogP contribution in [0.15, 0.2) is 18.2 Å². The Morgan fingerprint density at radius 3 is 2.42 bits per heavy atom. The molecule has 0 bridgehead atoms. The van der Waals surface area contributed by atoms with Gasteiger partial charge in [0.15, 0.2) is 6.61 Å². The number of carbonyl (C=O) groups is 6. The van der Waals surface area contributed by atoms with Gasteiger partial charge in [-0.05, 0) is 57.7 Å². The first kappa shape index (κ1) is 35.8. The molecule has 0 radical (unpaired) electrons. The van der Waals surface area contributed by atoms with Gasteiger partial charge in [-0.1, -0.05) is 0 Å². The Balaban J connectivity index is 1.54. The van der Waals surface area contributed by atoms with Gasteiger partial charge in [-0.25, -0.2) is 14.2 Å². The van der Waals surface area contributed by atoms with Crippen molar-refractivity contribution in [2.24, 2.45) is 0 Å². The zero-order chi connectivity index (χ0) is 35.0.